The molecule has 1 fully saturated rings. The maximum Gasteiger partial charge on any atom is 0.421 e. The van der Waals surface area contributed by atoms with E-state index in [-0.39, 0.29) is 23.5 Å². The molecule has 13 heteroatoms. The number of nitrogens with zero attached hydrogens (tertiary/aromatic N) is 3. The van der Waals surface area contributed by atoms with E-state index >= 15 is 0 Å². The molecule has 1 aliphatic heterocycles. The van der Waals surface area contributed by atoms with Crippen molar-refractivity contribution in [2.75, 3.05) is 22.5 Å². The summed E-state index contributed by atoms with van der Waals surface area (Å²) in [7, 11) is 0. The molecule has 228 valence electrons. The highest BCUT2D eigenvalue weighted by Gasteiger charge is 2.39. The minimum atomic E-state index is -4.73. The van der Waals surface area contributed by atoms with Crippen LogP contribution in [0, 0.1) is 5.41 Å². The van der Waals surface area contributed by atoms with Crippen molar-refractivity contribution < 1.29 is 32.6 Å². The van der Waals surface area contributed by atoms with E-state index in [1.54, 1.807) is 48.5 Å². The Morgan fingerprint density at radius 3 is 2.40 bits per heavy atom. The molecule has 2 unspecified atom stereocenters. The molecule has 10 nitrogen and oxygen atoms in total. The third-order valence-electron chi connectivity index (χ3n) is 6.87. The molecule has 0 aliphatic carbocycles. The molecule has 0 saturated carbocycles. The largest absolute Gasteiger partial charge is 0.490 e. The lowest BCUT2D eigenvalue weighted by atomic mass is 9.80. The zero-order valence-corrected chi connectivity index (χ0v) is 23.9. The topological polar surface area (TPSA) is 129 Å². The van der Waals surface area contributed by atoms with Crippen LogP contribution in [0.15, 0.2) is 67.4 Å². The number of carbonyl (C=O) groups excluding carboxylic acids is 1. The predicted octanol–water partition coefficient (Wildman–Crippen LogP) is 7.04. The number of ether oxygens (including phenoxy) is 1. The van der Waals surface area contributed by atoms with Gasteiger partial charge in [0.25, 0.3) is 0 Å². The highest BCUT2D eigenvalue weighted by molar-refractivity contribution is 5.99. The van der Waals surface area contributed by atoms with Crippen LogP contribution >= 0.6 is 0 Å². The monoisotopic (exact) mass is 598 g/mol. The summed E-state index contributed by atoms with van der Waals surface area (Å²) in [6.45, 7) is 9.63. The van der Waals surface area contributed by atoms with Gasteiger partial charge < -0.3 is 30.7 Å². The third-order valence-corrected chi connectivity index (χ3v) is 6.87. The standard InChI is InChI=1S/C30H33F3N6O4/c1-5-25(40)35-18-8-6-9-19(14-18)37-27-34-17-23(30(31,32)33)26(38-27)36-20-10-7-11-21(15-20)43-22-12-13-39(28(41)42)24(16-22)29(2,3)4/h5-11,14-15,17,22,24H,1,12-13,16H2,2-4H3,(H,35,40)(H,41,42)(H2,34,36,37,38). The van der Waals surface area contributed by atoms with E-state index in [4.69, 9.17) is 4.74 Å². The molecule has 2 atom stereocenters. The zero-order valence-electron chi connectivity index (χ0n) is 23.9. The number of nitrogens with one attached hydrogen (secondary N) is 3. The fraction of sp³-hybridized carbons (Fsp3) is 0.333. The van der Waals surface area contributed by atoms with Gasteiger partial charge in [-0.1, -0.05) is 39.5 Å². The van der Waals surface area contributed by atoms with E-state index in [1.807, 2.05) is 20.8 Å². The van der Waals surface area contributed by atoms with E-state index in [9.17, 15) is 27.9 Å². The first kappa shape index (κ1) is 31.1. The van der Waals surface area contributed by atoms with Crippen LogP contribution in [0.3, 0.4) is 0 Å². The SMILES string of the molecule is C=CC(=O)Nc1cccc(Nc2ncc(C(F)(F)F)c(Nc3cccc(OC4CCN(C(=O)O)C(C(C)(C)C)C4)c3)n2)c1. The quantitative estimate of drug-likeness (QED) is 0.203. The molecule has 3 aromatic rings. The number of hydrogen-bond donors (Lipinski definition) is 4. The highest BCUT2D eigenvalue weighted by Crippen LogP contribution is 2.37. The van der Waals surface area contributed by atoms with Crippen molar-refractivity contribution in [3.63, 3.8) is 0 Å². The molecule has 0 bridgehead atoms. The molecular weight excluding hydrogens is 565 g/mol. The summed E-state index contributed by atoms with van der Waals surface area (Å²) in [6.07, 6.45) is -3.23. The van der Waals surface area contributed by atoms with Gasteiger partial charge in [-0.05, 0) is 41.8 Å². The Morgan fingerprint density at radius 2 is 1.74 bits per heavy atom. The van der Waals surface area contributed by atoms with Crippen molar-refractivity contribution in [1.29, 1.82) is 0 Å². The normalized spacial score (nSPS) is 17.1. The van der Waals surface area contributed by atoms with Crippen LogP contribution in [0.1, 0.15) is 39.2 Å². The number of anilines is 5. The van der Waals surface area contributed by atoms with Crippen LogP contribution in [-0.4, -0.2) is 50.7 Å². The Hall–Kier alpha value is -4.81. The molecule has 4 rings (SSSR count). The van der Waals surface area contributed by atoms with E-state index in [2.05, 4.69) is 32.5 Å². The van der Waals surface area contributed by atoms with E-state index in [0.29, 0.717) is 48.4 Å². The summed E-state index contributed by atoms with van der Waals surface area (Å²) >= 11 is 0. The number of benzene rings is 2. The number of carboxylic acid groups (broad SMARTS) is 1. The van der Waals surface area contributed by atoms with Crippen LogP contribution in [0.5, 0.6) is 5.75 Å². The minimum Gasteiger partial charge on any atom is -0.490 e. The number of halogens is 3. The molecule has 1 aliphatic rings. The van der Waals surface area contributed by atoms with Crippen LogP contribution in [-0.2, 0) is 11.0 Å². The maximum atomic E-state index is 13.9. The summed E-state index contributed by atoms with van der Waals surface area (Å²) in [5, 5.41) is 17.8. The van der Waals surface area contributed by atoms with Gasteiger partial charge in [-0.2, -0.15) is 18.2 Å². The number of alkyl halides is 3. The Balaban J connectivity index is 1.53. The van der Waals surface area contributed by atoms with Crippen molar-refractivity contribution in [2.24, 2.45) is 5.41 Å². The minimum absolute atomic E-state index is 0.103. The van der Waals surface area contributed by atoms with Gasteiger partial charge in [0.15, 0.2) is 0 Å². The molecule has 4 N–H and O–H groups in total. The second-order valence-corrected chi connectivity index (χ2v) is 11.1. The fourth-order valence-corrected chi connectivity index (χ4v) is 4.81. The molecule has 1 aromatic heterocycles. The summed E-state index contributed by atoms with van der Waals surface area (Å²) in [4.78, 5) is 32.7. The van der Waals surface area contributed by atoms with Gasteiger partial charge in [0, 0.05) is 54.8 Å². The zero-order chi connectivity index (χ0) is 31.4. The van der Waals surface area contributed by atoms with Crippen molar-refractivity contribution >= 4 is 40.8 Å². The highest BCUT2D eigenvalue weighted by atomic mass is 19.4. The van der Waals surface area contributed by atoms with Gasteiger partial charge in [0.05, 0.1) is 0 Å². The molecule has 1 saturated heterocycles. The number of rotatable bonds is 8. The summed E-state index contributed by atoms with van der Waals surface area (Å²) in [5.74, 6) is -0.569. The molecular formula is C30H33F3N6O4. The number of aromatic nitrogens is 2. The Labute approximate surface area is 247 Å². The summed E-state index contributed by atoms with van der Waals surface area (Å²) in [6, 6.07) is 12.7. The first-order valence-corrected chi connectivity index (χ1v) is 13.5. The molecule has 2 aromatic carbocycles. The average Bonchev–Trinajstić information content (AvgIpc) is 2.92. The molecule has 43 heavy (non-hydrogen) atoms. The number of carbonyl (C=O) groups is 2. The number of piperidine rings is 1. The van der Waals surface area contributed by atoms with Gasteiger partial charge in [0.2, 0.25) is 11.9 Å². The number of likely N-dealkylation sites (tertiary alicyclic amines) is 1. The number of hydrogen-bond acceptors (Lipinski definition) is 7. The van der Waals surface area contributed by atoms with Crippen molar-refractivity contribution in [1.82, 2.24) is 14.9 Å². The predicted molar refractivity (Wildman–Crippen MR) is 157 cm³/mol. The maximum absolute atomic E-state index is 13.9. The van der Waals surface area contributed by atoms with Gasteiger partial charge in [0.1, 0.15) is 23.2 Å². The van der Waals surface area contributed by atoms with Crippen molar-refractivity contribution in [2.45, 2.75) is 51.9 Å². The van der Waals surface area contributed by atoms with Crippen molar-refractivity contribution in [3.8, 4) is 5.75 Å². The molecule has 2 heterocycles. The third kappa shape index (κ3) is 8.15. The second-order valence-electron chi connectivity index (χ2n) is 11.1. The van der Waals surface area contributed by atoms with Crippen LogP contribution in [0.4, 0.5) is 46.8 Å². The molecule has 2 amide bonds. The summed E-state index contributed by atoms with van der Waals surface area (Å²) in [5.41, 5.74) is -0.190. The van der Waals surface area contributed by atoms with Crippen molar-refractivity contribution in [3.05, 3.63) is 72.9 Å². The van der Waals surface area contributed by atoms with Crippen LogP contribution in [0.2, 0.25) is 0 Å². The first-order valence-electron chi connectivity index (χ1n) is 13.5. The van der Waals surface area contributed by atoms with Gasteiger partial charge in [-0.15, -0.1) is 0 Å². The van der Waals surface area contributed by atoms with Crippen LogP contribution in [0.25, 0.3) is 0 Å². The Morgan fingerprint density at radius 1 is 1.07 bits per heavy atom. The van der Waals surface area contributed by atoms with Gasteiger partial charge in [-0.25, -0.2) is 9.78 Å². The second kappa shape index (κ2) is 12.6. The Kier molecular flexibility index (Phi) is 9.12. The van der Waals surface area contributed by atoms with Gasteiger partial charge >= 0.3 is 12.3 Å². The molecule has 0 radical (unpaired) electrons. The average molecular weight is 599 g/mol. The lowest BCUT2D eigenvalue weighted by Gasteiger charge is -2.44. The van der Waals surface area contributed by atoms with E-state index in [0.717, 1.165) is 6.08 Å². The van der Waals surface area contributed by atoms with E-state index in [1.165, 1.54) is 4.90 Å². The van der Waals surface area contributed by atoms with Gasteiger partial charge in [-0.3, -0.25) is 4.79 Å². The number of amides is 2. The lowest BCUT2D eigenvalue weighted by molar-refractivity contribution is -0.137. The molecule has 0 spiro atoms. The van der Waals surface area contributed by atoms with Crippen LogP contribution < -0.4 is 20.7 Å². The Bertz CT molecular complexity index is 1490. The first-order chi connectivity index (χ1) is 20.2. The fourth-order valence-electron chi connectivity index (χ4n) is 4.81. The lowest BCUT2D eigenvalue weighted by Crippen LogP contribution is -2.53. The van der Waals surface area contributed by atoms with E-state index < -0.39 is 29.6 Å². The smallest absolute Gasteiger partial charge is 0.421 e. The summed E-state index contributed by atoms with van der Waals surface area (Å²) < 4.78 is 47.8.